The second-order valence-electron chi connectivity index (χ2n) is 9.17. The minimum absolute atomic E-state index is 0.0654. The standard InChI is InChI=1S/C26H30N2O5/c1-3-16(2)23(24(31)28-26(12-13-26)14-22(29)30)27-25(32)33-15-21-19-10-6-4-8-17(19)18-9-5-7-11-20(18)21/h4-11,16,21,23H,3,12-15H2,1-2H3,(H,27,32)(H,28,31)(H,29,30). The van der Waals surface area contributed by atoms with Crippen molar-refractivity contribution in [1.82, 2.24) is 10.6 Å². The SMILES string of the molecule is CCC(C)C(NC(=O)OCC1c2ccccc2-c2ccccc21)C(=O)NC1(CC(=O)O)CC1. The molecule has 1 saturated carbocycles. The first-order valence-electron chi connectivity index (χ1n) is 11.5. The molecule has 2 atom stereocenters. The lowest BCUT2D eigenvalue weighted by Crippen LogP contribution is -2.53. The van der Waals surface area contributed by atoms with E-state index in [1.54, 1.807) is 0 Å². The van der Waals surface area contributed by atoms with Gasteiger partial charge in [-0.2, -0.15) is 0 Å². The van der Waals surface area contributed by atoms with E-state index in [1.807, 2.05) is 50.2 Å². The number of fused-ring (bicyclic) bond motifs is 3. The lowest BCUT2D eigenvalue weighted by molar-refractivity contribution is -0.138. The molecule has 0 spiro atoms. The van der Waals surface area contributed by atoms with Crippen molar-refractivity contribution in [2.24, 2.45) is 5.92 Å². The molecule has 0 heterocycles. The van der Waals surface area contributed by atoms with Crippen LogP contribution in [-0.2, 0) is 14.3 Å². The first-order chi connectivity index (χ1) is 15.8. The Morgan fingerprint density at radius 3 is 2.15 bits per heavy atom. The minimum Gasteiger partial charge on any atom is -0.481 e. The summed E-state index contributed by atoms with van der Waals surface area (Å²) in [6, 6.07) is 15.4. The number of aliphatic carboxylic acids is 1. The van der Waals surface area contributed by atoms with E-state index in [4.69, 9.17) is 9.84 Å². The second-order valence-corrected chi connectivity index (χ2v) is 9.17. The molecule has 3 N–H and O–H groups in total. The number of hydrogen-bond donors (Lipinski definition) is 3. The number of carbonyl (C=O) groups is 3. The van der Waals surface area contributed by atoms with Crippen molar-refractivity contribution in [3.8, 4) is 11.1 Å². The number of nitrogens with one attached hydrogen (secondary N) is 2. The summed E-state index contributed by atoms with van der Waals surface area (Å²) in [5.41, 5.74) is 3.83. The molecule has 2 unspecified atom stereocenters. The van der Waals surface area contributed by atoms with Gasteiger partial charge in [-0.25, -0.2) is 4.79 Å². The Hall–Kier alpha value is -3.35. The van der Waals surface area contributed by atoms with Crippen molar-refractivity contribution in [2.45, 2.75) is 57.0 Å². The van der Waals surface area contributed by atoms with E-state index < -0.39 is 23.6 Å². The van der Waals surface area contributed by atoms with E-state index in [0.717, 1.165) is 22.3 Å². The summed E-state index contributed by atoms with van der Waals surface area (Å²) in [7, 11) is 0. The van der Waals surface area contributed by atoms with E-state index in [2.05, 4.69) is 22.8 Å². The molecule has 2 aromatic rings. The summed E-state index contributed by atoms with van der Waals surface area (Å²) >= 11 is 0. The fourth-order valence-corrected chi connectivity index (χ4v) is 4.59. The normalized spacial score (nSPS) is 17.3. The second kappa shape index (κ2) is 9.25. The van der Waals surface area contributed by atoms with Crippen LogP contribution in [0.4, 0.5) is 4.79 Å². The lowest BCUT2D eigenvalue weighted by atomic mass is 9.97. The highest BCUT2D eigenvalue weighted by molar-refractivity contribution is 5.87. The Morgan fingerprint density at radius 1 is 1.06 bits per heavy atom. The van der Waals surface area contributed by atoms with Crippen molar-refractivity contribution in [3.05, 3.63) is 59.7 Å². The number of carboxylic acids is 1. The van der Waals surface area contributed by atoms with Crippen molar-refractivity contribution in [3.63, 3.8) is 0 Å². The fraction of sp³-hybridized carbons (Fsp3) is 0.423. The third-order valence-electron chi connectivity index (χ3n) is 6.84. The summed E-state index contributed by atoms with van der Waals surface area (Å²) in [6.45, 7) is 3.98. The molecular formula is C26H30N2O5. The largest absolute Gasteiger partial charge is 0.481 e. The highest BCUT2D eigenvalue weighted by atomic mass is 16.5. The molecule has 0 radical (unpaired) electrons. The molecule has 174 valence electrons. The molecule has 0 bridgehead atoms. The molecule has 7 nitrogen and oxygen atoms in total. The van der Waals surface area contributed by atoms with Gasteiger partial charge in [-0.05, 0) is 41.0 Å². The van der Waals surface area contributed by atoms with Crippen LogP contribution in [0.25, 0.3) is 11.1 Å². The summed E-state index contributed by atoms with van der Waals surface area (Å²) in [6.07, 6.45) is 1.16. The van der Waals surface area contributed by atoms with Crippen LogP contribution < -0.4 is 10.6 Å². The van der Waals surface area contributed by atoms with Crippen molar-refractivity contribution in [1.29, 1.82) is 0 Å². The van der Waals surface area contributed by atoms with Gasteiger partial charge in [0.15, 0.2) is 0 Å². The third-order valence-corrected chi connectivity index (χ3v) is 6.84. The van der Waals surface area contributed by atoms with Crippen LogP contribution in [-0.4, -0.2) is 41.3 Å². The van der Waals surface area contributed by atoms with Crippen LogP contribution in [0.5, 0.6) is 0 Å². The van der Waals surface area contributed by atoms with Crippen LogP contribution in [0.3, 0.4) is 0 Å². The summed E-state index contributed by atoms with van der Waals surface area (Å²) in [5, 5.41) is 14.7. The van der Waals surface area contributed by atoms with Gasteiger partial charge in [0, 0.05) is 5.92 Å². The summed E-state index contributed by atoms with van der Waals surface area (Å²) in [4.78, 5) is 36.8. The molecule has 1 fully saturated rings. The zero-order chi connectivity index (χ0) is 23.6. The van der Waals surface area contributed by atoms with Gasteiger partial charge in [0.2, 0.25) is 5.91 Å². The Morgan fingerprint density at radius 2 is 1.64 bits per heavy atom. The van der Waals surface area contributed by atoms with Gasteiger partial charge in [0.1, 0.15) is 12.6 Å². The monoisotopic (exact) mass is 450 g/mol. The summed E-state index contributed by atoms with van der Waals surface area (Å²) in [5.74, 6) is -1.51. The zero-order valence-corrected chi connectivity index (χ0v) is 19.0. The number of carbonyl (C=O) groups excluding carboxylic acids is 2. The van der Waals surface area contributed by atoms with Crippen molar-refractivity contribution >= 4 is 18.0 Å². The summed E-state index contributed by atoms with van der Waals surface area (Å²) < 4.78 is 5.60. The topological polar surface area (TPSA) is 105 Å². The van der Waals surface area contributed by atoms with E-state index in [0.29, 0.717) is 19.3 Å². The average molecular weight is 451 g/mol. The van der Waals surface area contributed by atoms with Crippen molar-refractivity contribution < 1.29 is 24.2 Å². The third kappa shape index (κ3) is 4.87. The molecular weight excluding hydrogens is 420 g/mol. The molecule has 2 aliphatic rings. The van der Waals surface area contributed by atoms with Crippen LogP contribution in [0.15, 0.2) is 48.5 Å². The molecule has 2 aliphatic carbocycles. The van der Waals surface area contributed by atoms with E-state index >= 15 is 0 Å². The Kier molecular flexibility index (Phi) is 6.40. The molecule has 0 aromatic heterocycles. The van der Waals surface area contributed by atoms with Gasteiger partial charge in [0.25, 0.3) is 0 Å². The van der Waals surface area contributed by atoms with Crippen LogP contribution >= 0.6 is 0 Å². The molecule has 4 rings (SSSR count). The molecule has 2 amide bonds. The maximum absolute atomic E-state index is 12.9. The Balaban J connectivity index is 1.41. The number of rotatable bonds is 9. The van der Waals surface area contributed by atoms with Gasteiger partial charge < -0.3 is 20.5 Å². The van der Waals surface area contributed by atoms with Crippen LogP contribution in [0.1, 0.15) is 56.6 Å². The molecule has 7 heteroatoms. The van der Waals surface area contributed by atoms with E-state index in [1.165, 1.54) is 0 Å². The number of amides is 2. The first-order valence-corrected chi connectivity index (χ1v) is 11.5. The smallest absolute Gasteiger partial charge is 0.407 e. The lowest BCUT2D eigenvalue weighted by Gasteiger charge is -2.26. The number of benzene rings is 2. The highest BCUT2D eigenvalue weighted by Crippen LogP contribution is 2.44. The number of hydrogen-bond acceptors (Lipinski definition) is 4. The molecule has 0 saturated heterocycles. The quantitative estimate of drug-likeness (QED) is 0.534. The van der Waals surface area contributed by atoms with E-state index in [-0.39, 0.29) is 30.8 Å². The van der Waals surface area contributed by atoms with Gasteiger partial charge in [-0.1, -0.05) is 68.8 Å². The maximum Gasteiger partial charge on any atom is 0.407 e. The number of ether oxygens (including phenoxy) is 1. The molecule has 2 aromatic carbocycles. The highest BCUT2D eigenvalue weighted by Gasteiger charge is 2.47. The van der Waals surface area contributed by atoms with Gasteiger partial charge in [-0.3, -0.25) is 9.59 Å². The Bertz CT molecular complexity index is 1020. The van der Waals surface area contributed by atoms with Crippen LogP contribution in [0.2, 0.25) is 0 Å². The van der Waals surface area contributed by atoms with Crippen LogP contribution in [0, 0.1) is 5.92 Å². The molecule has 33 heavy (non-hydrogen) atoms. The molecule has 0 aliphatic heterocycles. The maximum atomic E-state index is 12.9. The first kappa shape index (κ1) is 22.8. The minimum atomic E-state index is -0.947. The number of alkyl carbamates (subject to hydrolysis) is 1. The van der Waals surface area contributed by atoms with Crippen molar-refractivity contribution in [2.75, 3.05) is 6.61 Å². The van der Waals surface area contributed by atoms with Gasteiger partial charge >= 0.3 is 12.1 Å². The number of carboxylic acid groups (broad SMARTS) is 1. The van der Waals surface area contributed by atoms with Gasteiger partial charge in [0.05, 0.1) is 12.0 Å². The fourth-order valence-electron chi connectivity index (χ4n) is 4.59. The predicted molar refractivity (Wildman–Crippen MR) is 124 cm³/mol. The predicted octanol–water partition coefficient (Wildman–Crippen LogP) is 4.06. The Labute approximate surface area is 193 Å². The van der Waals surface area contributed by atoms with Gasteiger partial charge in [-0.15, -0.1) is 0 Å². The zero-order valence-electron chi connectivity index (χ0n) is 19.0. The van der Waals surface area contributed by atoms with E-state index in [9.17, 15) is 14.4 Å². The average Bonchev–Trinajstić information content (AvgIpc) is 3.46.